The van der Waals surface area contributed by atoms with Gasteiger partial charge in [0.25, 0.3) is 11.2 Å². The van der Waals surface area contributed by atoms with Gasteiger partial charge >= 0.3 is 5.97 Å². The highest BCUT2D eigenvalue weighted by molar-refractivity contribution is 5.89. The quantitative estimate of drug-likeness (QED) is 0.253. The van der Waals surface area contributed by atoms with Gasteiger partial charge in [-0.05, 0) is 45.0 Å². The smallest absolute Gasteiger partial charge is 0.338 e. The first-order valence-electron chi connectivity index (χ1n) is 10.4. The van der Waals surface area contributed by atoms with E-state index < -0.39 is 22.5 Å². The zero-order chi connectivity index (χ0) is 23.2. The molecular formula is C23H24N4O5. The van der Waals surface area contributed by atoms with E-state index in [0.29, 0.717) is 23.1 Å². The van der Waals surface area contributed by atoms with Gasteiger partial charge in [0.2, 0.25) is 0 Å². The molecule has 1 aliphatic heterocycles. The molecule has 9 heteroatoms. The van der Waals surface area contributed by atoms with Crippen LogP contribution in [0, 0.1) is 10.1 Å². The lowest BCUT2D eigenvalue weighted by atomic mass is 10.1. The molecule has 166 valence electrons. The van der Waals surface area contributed by atoms with Gasteiger partial charge in [0.1, 0.15) is 18.0 Å². The van der Waals surface area contributed by atoms with Crippen LogP contribution in [0.25, 0.3) is 10.9 Å². The van der Waals surface area contributed by atoms with Crippen LogP contribution in [0.2, 0.25) is 0 Å². The lowest BCUT2D eigenvalue weighted by molar-refractivity contribution is -0.384. The molecule has 0 saturated carbocycles. The molecule has 2 atom stereocenters. The summed E-state index contributed by atoms with van der Waals surface area (Å²) in [5, 5.41) is 13.2. The maximum absolute atomic E-state index is 13.3. The zero-order valence-electron chi connectivity index (χ0n) is 18.3. The Morgan fingerprint density at radius 1 is 1.22 bits per heavy atom. The summed E-state index contributed by atoms with van der Waals surface area (Å²) in [4.78, 5) is 40.8. The second kappa shape index (κ2) is 7.74. The van der Waals surface area contributed by atoms with E-state index in [1.807, 2.05) is 37.9 Å². The SMILES string of the molecule is CCc1nc2ccccc2c(=O)n1N1[C@H]([C@@H](C)OC(=O)c2ccc([N+](=O)[O-])cc2)C1(C)C. The maximum Gasteiger partial charge on any atom is 0.338 e. The van der Waals surface area contributed by atoms with Crippen LogP contribution in [-0.4, -0.2) is 38.2 Å². The predicted molar refractivity (Wildman–Crippen MR) is 119 cm³/mol. The van der Waals surface area contributed by atoms with E-state index in [1.54, 1.807) is 23.7 Å². The molecule has 0 spiro atoms. The fraction of sp³-hybridized carbons (Fsp3) is 0.348. The van der Waals surface area contributed by atoms with E-state index in [4.69, 9.17) is 4.74 Å². The second-order valence-electron chi connectivity index (χ2n) is 8.37. The van der Waals surface area contributed by atoms with Crippen LogP contribution in [0.1, 0.15) is 43.9 Å². The minimum atomic E-state index is -0.574. The first-order chi connectivity index (χ1) is 15.2. The number of hydrogen-bond acceptors (Lipinski definition) is 7. The van der Waals surface area contributed by atoms with Crippen molar-refractivity contribution in [2.75, 3.05) is 5.01 Å². The second-order valence-corrected chi connectivity index (χ2v) is 8.37. The molecule has 32 heavy (non-hydrogen) atoms. The van der Waals surface area contributed by atoms with Crippen LogP contribution >= 0.6 is 0 Å². The number of esters is 1. The summed E-state index contributed by atoms with van der Waals surface area (Å²) in [6, 6.07) is 12.3. The Kier molecular flexibility index (Phi) is 5.20. The summed E-state index contributed by atoms with van der Waals surface area (Å²) in [6.45, 7) is 7.68. The molecule has 9 nitrogen and oxygen atoms in total. The molecule has 2 heterocycles. The van der Waals surface area contributed by atoms with Crippen molar-refractivity contribution in [3.63, 3.8) is 0 Å². The van der Waals surface area contributed by atoms with Crippen molar-refractivity contribution in [3.8, 4) is 0 Å². The van der Waals surface area contributed by atoms with Crippen molar-refractivity contribution in [1.29, 1.82) is 0 Å². The Balaban J connectivity index is 1.61. The number of carbonyl (C=O) groups excluding carboxylic acids is 1. The lowest BCUT2D eigenvalue weighted by Gasteiger charge is -2.18. The van der Waals surface area contributed by atoms with E-state index in [0.717, 1.165) is 0 Å². The Morgan fingerprint density at radius 2 is 1.88 bits per heavy atom. The van der Waals surface area contributed by atoms with Crippen molar-refractivity contribution in [2.24, 2.45) is 0 Å². The van der Waals surface area contributed by atoms with Crippen molar-refractivity contribution >= 4 is 22.6 Å². The number of nitrogens with zero attached hydrogens (tertiary/aromatic N) is 4. The highest BCUT2D eigenvalue weighted by Gasteiger charge is 2.61. The van der Waals surface area contributed by atoms with Crippen molar-refractivity contribution < 1.29 is 14.5 Å². The molecule has 0 radical (unpaired) electrons. The molecular weight excluding hydrogens is 412 g/mol. The Bertz CT molecular complexity index is 1270. The third-order valence-corrected chi connectivity index (χ3v) is 5.91. The molecule has 1 aromatic heterocycles. The lowest BCUT2D eigenvalue weighted by Crippen LogP contribution is -2.37. The van der Waals surface area contributed by atoms with Crippen molar-refractivity contribution in [2.45, 2.75) is 51.8 Å². The van der Waals surface area contributed by atoms with E-state index in [1.165, 1.54) is 24.3 Å². The number of hydrogen-bond donors (Lipinski definition) is 0. The Labute approximate surface area is 184 Å². The van der Waals surface area contributed by atoms with Crippen LogP contribution in [0.3, 0.4) is 0 Å². The average molecular weight is 436 g/mol. The van der Waals surface area contributed by atoms with Gasteiger partial charge in [-0.25, -0.2) is 14.5 Å². The Hall–Kier alpha value is -3.75. The number of aryl methyl sites for hydroxylation is 1. The summed E-state index contributed by atoms with van der Waals surface area (Å²) in [5.41, 5.74) is 0.189. The molecule has 1 aliphatic rings. The third kappa shape index (κ3) is 3.49. The number of nitro groups is 1. The van der Waals surface area contributed by atoms with Gasteiger partial charge in [-0.15, -0.1) is 0 Å². The molecule has 3 aromatic rings. The van der Waals surface area contributed by atoms with E-state index in [2.05, 4.69) is 4.98 Å². The van der Waals surface area contributed by atoms with Gasteiger partial charge in [0.15, 0.2) is 0 Å². The molecule has 4 rings (SSSR count). The van der Waals surface area contributed by atoms with Gasteiger partial charge in [-0.2, -0.15) is 0 Å². The third-order valence-electron chi connectivity index (χ3n) is 5.91. The normalized spacial score (nSPS) is 17.8. The van der Waals surface area contributed by atoms with E-state index in [9.17, 15) is 19.7 Å². The molecule has 0 unspecified atom stereocenters. The monoisotopic (exact) mass is 436 g/mol. The summed E-state index contributed by atoms with van der Waals surface area (Å²) in [6.07, 6.45) is 0.0341. The Morgan fingerprint density at radius 3 is 2.50 bits per heavy atom. The number of para-hydroxylation sites is 1. The zero-order valence-corrected chi connectivity index (χ0v) is 18.3. The summed E-state index contributed by atoms with van der Waals surface area (Å²) in [5.74, 6) is 0.0629. The fourth-order valence-corrected chi connectivity index (χ4v) is 4.29. The topological polar surface area (TPSA) is 107 Å². The molecule has 0 N–H and O–H groups in total. The number of ether oxygens (including phenoxy) is 1. The van der Waals surface area contributed by atoms with E-state index >= 15 is 0 Å². The summed E-state index contributed by atoms with van der Waals surface area (Å²) in [7, 11) is 0. The number of nitro benzene ring substituents is 1. The largest absolute Gasteiger partial charge is 0.457 e. The number of benzene rings is 2. The number of non-ortho nitro benzene ring substituents is 1. The fourth-order valence-electron chi connectivity index (χ4n) is 4.29. The minimum absolute atomic E-state index is 0.0978. The van der Waals surface area contributed by atoms with Crippen LogP contribution in [0.15, 0.2) is 53.3 Å². The van der Waals surface area contributed by atoms with Crippen LogP contribution in [0.5, 0.6) is 0 Å². The average Bonchev–Trinajstić information content (AvgIpc) is 3.34. The first-order valence-corrected chi connectivity index (χ1v) is 10.4. The molecule has 0 bridgehead atoms. The summed E-state index contributed by atoms with van der Waals surface area (Å²) >= 11 is 0. The van der Waals surface area contributed by atoms with Crippen LogP contribution in [0.4, 0.5) is 5.69 Å². The first kappa shape index (κ1) is 21.5. The van der Waals surface area contributed by atoms with Gasteiger partial charge in [-0.1, -0.05) is 19.1 Å². The van der Waals surface area contributed by atoms with Crippen LogP contribution < -0.4 is 10.6 Å². The highest BCUT2D eigenvalue weighted by atomic mass is 16.6. The molecule has 2 aromatic carbocycles. The standard InChI is InChI=1S/C23H24N4O5/c1-5-19-24-18-9-7-6-8-17(18)21(28)25(19)26-20(23(26,3)4)14(2)32-22(29)15-10-12-16(13-11-15)27(30)31/h6-14,20H,5H2,1-4H3/t14-,20-,26?/m1/s1. The van der Waals surface area contributed by atoms with Crippen molar-refractivity contribution in [1.82, 2.24) is 9.66 Å². The molecule has 0 amide bonds. The van der Waals surface area contributed by atoms with Crippen molar-refractivity contribution in [3.05, 3.63) is 80.4 Å². The van der Waals surface area contributed by atoms with Gasteiger partial charge in [-0.3, -0.25) is 19.9 Å². The predicted octanol–water partition coefficient (Wildman–Crippen LogP) is 3.21. The number of rotatable bonds is 6. The number of fused-ring (bicyclic) bond motifs is 1. The number of carbonyl (C=O) groups is 1. The molecule has 1 fully saturated rings. The molecule has 0 aliphatic carbocycles. The molecule has 1 saturated heterocycles. The van der Waals surface area contributed by atoms with Gasteiger partial charge in [0.05, 0.1) is 26.9 Å². The minimum Gasteiger partial charge on any atom is -0.457 e. The summed E-state index contributed by atoms with van der Waals surface area (Å²) < 4.78 is 7.26. The maximum atomic E-state index is 13.3. The van der Waals surface area contributed by atoms with Gasteiger partial charge < -0.3 is 4.74 Å². The van der Waals surface area contributed by atoms with Crippen LogP contribution in [-0.2, 0) is 11.2 Å². The highest BCUT2D eigenvalue weighted by Crippen LogP contribution is 2.41. The van der Waals surface area contributed by atoms with Gasteiger partial charge in [0, 0.05) is 18.6 Å². The van der Waals surface area contributed by atoms with E-state index in [-0.39, 0.29) is 22.9 Å². The number of aromatic nitrogens is 2.